The Morgan fingerprint density at radius 3 is 2.24 bits per heavy atom. The molecule has 0 spiro atoms. The maximum atomic E-state index is 13.3. The molecule has 0 radical (unpaired) electrons. The van der Waals surface area contributed by atoms with Crippen LogP contribution in [0.1, 0.15) is 60.4 Å². The van der Waals surface area contributed by atoms with Crippen LogP contribution in [0.15, 0.2) is 41.6 Å². The SMILES string of the molecule is CN(C)C(=O)CC1CCCN(C2CCN(CC[C@H](/C(CN(C)C(=O)c3cc(Cl)cc(Cl)c3)=N/O)c3ccc(Cl)c(Cl)c3)CC2)C1=O. The number of carbonyl (C=O) groups is 3. The van der Waals surface area contributed by atoms with Crippen molar-refractivity contribution in [2.45, 2.75) is 50.5 Å². The van der Waals surface area contributed by atoms with Crippen molar-refractivity contribution < 1.29 is 19.6 Å². The van der Waals surface area contributed by atoms with E-state index >= 15 is 0 Å². The minimum absolute atomic E-state index is 0.0123. The first-order chi connectivity index (χ1) is 21.9. The summed E-state index contributed by atoms with van der Waals surface area (Å²) in [5, 5.41) is 15.3. The number of halogens is 4. The highest BCUT2D eigenvalue weighted by Gasteiger charge is 2.36. The average Bonchev–Trinajstić information content (AvgIpc) is 3.02. The molecule has 2 aromatic carbocycles. The summed E-state index contributed by atoms with van der Waals surface area (Å²) in [6, 6.07) is 10.1. The molecule has 2 fully saturated rings. The van der Waals surface area contributed by atoms with Crippen LogP contribution in [0.25, 0.3) is 0 Å². The highest BCUT2D eigenvalue weighted by atomic mass is 35.5. The zero-order valence-corrected chi connectivity index (χ0v) is 29.4. The van der Waals surface area contributed by atoms with Crippen LogP contribution in [0, 0.1) is 5.92 Å². The molecular weight excluding hydrogens is 672 g/mol. The van der Waals surface area contributed by atoms with Crippen molar-refractivity contribution in [1.29, 1.82) is 0 Å². The van der Waals surface area contributed by atoms with Crippen LogP contribution < -0.4 is 0 Å². The van der Waals surface area contributed by atoms with Gasteiger partial charge in [0.15, 0.2) is 0 Å². The predicted octanol–water partition coefficient (Wildman–Crippen LogP) is 6.56. The number of amides is 3. The van der Waals surface area contributed by atoms with Gasteiger partial charge in [-0.2, -0.15) is 0 Å². The van der Waals surface area contributed by atoms with Crippen LogP contribution >= 0.6 is 46.4 Å². The molecule has 0 saturated carbocycles. The van der Waals surface area contributed by atoms with Gasteiger partial charge < -0.3 is 24.8 Å². The Labute approximate surface area is 291 Å². The van der Waals surface area contributed by atoms with E-state index < -0.39 is 0 Å². The molecule has 1 N–H and O–H groups in total. The number of likely N-dealkylation sites (tertiary alicyclic amines) is 2. The predicted molar refractivity (Wildman–Crippen MR) is 184 cm³/mol. The number of hydrogen-bond acceptors (Lipinski definition) is 6. The molecule has 2 aliphatic rings. The van der Waals surface area contributed by atoms with E-state index in [0.717, 1.165) is 50.9 Å². The number of piperidine rings is 2. The molecule has 4 rings (SSSR count). The fourth-order valence-electron chi connectivity index (χ4n) is 6.37. The van der Waals surface area contributed by atoms with Crippen molar-refractivity contribution in [3.05, 3.63) is 67.6 Å². The van der Waals surface area contributed by atoms with E-state index in [1.165, 1.54) is 4.90 Å². The molecule has 3 amide bonds. The molecule has 0 bridgehead atoms. The van der Waals surface area contributed by atoms with Gasteiger partial charge in [-0.1, -0.05) is 57.6 Å². The fraction of sp³-hybridized carbons (Fsp3) is 0.515. The quantitative estimate of drug-likeness (QED) is 0.162. The van der Waals surface area contributed by atoms with Gasteiger partial charge in [0.2, 0.25) is 11.8 Å². The summed E-state index contributed by atoms with van der Waals surface area (Å²) < 4.78 is 0. The molecule has 9 nitrogen and oxygen atoms in total. The monoisotopic (exact) mass is 711 g/mol. The second-order valence-electron chi connectivity index (χ2n) is 12.4. The lowest BCUT2D eigenvalue weighted by atomic mass is 9.89. The van der Waals surface area contributed by atoms with Gasteiger partial charge in [0.25, 0.3) is 5.91 Å². The van der Waals surface area contributed by atoms with Crippen LogP contribution in [0.2, 0.25) is 20.1 Å². The zero-order valence-electron chi connectivity index (χ0n) is 26.4. The lowest BCUT2D eigenvalue weighted by Crippen LogP contribution is -2.52. The van der Waals surface area contributed by atoms with Crippen molar-refractivity contribution in [3.63, 3.8) is 0 Å². The van der Waals surface area contributed by atoms with Gasteiger partial charge in [0.05, 0.1) is 22.3 Å². The van der Waals surface area contributed by atoms with Crippen LogP contribution in [0.3, 0.4) is 0 Å². The van der Waals surface area contributed by atoms with Crippen LogP contribution in [0.4, 0.5) is 0 Å². The second-order valence-corrected chi connectivity index (χ2v) is 14.0. The molecule has 2 heterocycles. The third kappa shape index (κ3) is 9.28. The molecule has 46 heavy (non-hydrogen) atoms. The molecule has 2 atom stereocenters. The third-order valence-electron chi connectivity index (χ3n) is 8.97. The van der Waals surface area contributed by atoms with E-state index in [-0.39, 0.29) is 48.6 Å². The van der Waals surface area contributed by atoms with Gasteiger partial charge in [0, 0.05) is 80.7 Å². The van der Waals surface area contributed by atoms with Gasteiger partial charge in [-0.05, 0) is 74.5 Å². The molecule has 250 valence electrons. The summed E-state index contributed by atoms with van der Waals surface area (Å²) in [4.78, 5) is 46.2. The largest absolute Gasteiger partial charge is 0.411 e. The van der Waals surface area contributed by atoms with Gasteiger partial charge in [-0.3, -0.25) is 14.4 Å². The van der Waals surface area contributed by atoms with Gasteiger partial charge >= 0.3 is 0 Å². The summed E-state index contributed by atoms with van der Waals surface area (Å²) in [5.74, 6) is -0.829. The topological polar surface area (TPSA) is 96.8 Å². The lowest BCUT2D eigenvalue weighted by molar-refractivity contribution is -0.146. The first-order valence-electron chi connectivity index (χ1n) is 15.5. The highest BCUT2D eigenvalue weighted by Crippen LogP contribution is 2.31. The molecule has 0 aliphatic carbocycles. The van der Waals surface area contributed by atoms with Crippen molar-refractivity contribution in [2.75, 3.05) is 53.9 Å². The van der Waals surface area contributed by atoms with Gasteiger partial charge in [0.1, 0.15) is 0 Å². The summed E-state index contributed by atoms with van der Waals surface area (Å²) in [6.07, 6.45) is 4.22. The van der Waals surface area contributed by atoms with Gasteiger partial charge in [-0.25, -0.2) is 0 Å². The zero-order chi connectivity index (χ0) is 33.5. The summed E-state index contributed by atoms with van der Waals surface area (Å²) in [6.45, 7) is 3.11. The van der Waals surface area contributed by atoms with Crippen LogP contribution in [0.5, 0.6) is 0 Å². The number of carbonyl (C=O) groups excluding carboxylic acids is 3. The summed E-state index contributed by atoms with van der Waals surface area (Å²) >= 11 is 24.8. The summed E-state index contributed by atoms with van der Waals surface area (Å²) in [5.41, 5.74) is 1.55. The Morgan fingerprint density at radius 1 is 0.957 bits per heavy atom. The minimum Gasteiger partial charge on any atom is -0.411 e. The van der Waals surface area contributed by atoms with E-state index in [1.54, 1.807) is 56.4 Å². The number of rotatable bonds is 11. The Morgan fingerprint density at radius 2 is 1.63 bits per heavy atom. The van der Waals surface area contributed by atoms with E-state index in [0.29, 0.717) is 44.3 Å². The number of benzene rings is 2. The first-order valence-corrected chi connectivity index (χ1v) is 17.0. The molecule has 2 aromatic rings. The Hall–Kier alpha value is -2.56. The smallest absolute Gasteiger partial charge is 0.254 e. The summed E-state index contributed by atoms with van der Waals surface area (Å²) in [7, 11) is 5.07. The van der Waals surface area contributed by atoms with E-state index in [4.69, 9.17) is 46.4 Å². The Bertz CT molecular complexity index is 1430. The maximum absolute atomic E-state index is 13.3. The first kappa shape index (κ1) is 36.3. The van der Waals surface area contributed by atoms with Crippen molar-refractivity contribution in [2.24, 2.45) is 11.1 Å². The van der Waals surface area contributed by atoms with E-state index in [2.05, 4.69) is 10.1 Å². The van der Waals surface area contributed by atoms with E-state index in [9.17, 15) is 19.6 Å². The minimum atomic E-state index is -0.352. The van der Waals surface area contributed by atoms with Crippen molar-refractivity contribution >= 4 is 69.8 Å². The van der Waals surface area contributed by atoms with Crippen LogP contribution in [-0.4, -0.2) is 108 Å². The normalized spacial score (nSPS) is 18.8. The number of oxime groups is 1. The van der Waals surface area contributed by atoms with Gasteiger partial charge in [-0.15, -0.1) is 0 Å². The molecule has 2 saturated heterocycles. The van der Waals surface area contributed by atoms with E-state index in [1.807, 2.05) is 11.0 Å². The lowest BCUT2D eigenvalue weighted by Gasteiger charge is -2.42. The Balaban J connectivity index is 1.41. The fourth-order valence-corrected chi connectivity index (χ4v) is 7.20. The highest BCUT2D eigenvalue weighted by molar-refractivity contribution is 6.42. The third-order valence-corrected chi connectivity index (χ3v) is 10.1. The standard InChI is InChI=1S/C33H41Cl4N5O4/c1-39(2)31(43)18-22-5-4-11-42(33(22)45)26-8-12-41(13-9-26)14-10-27(21-6-7-28(36)29(37)17-21)30(38-46)20-40(3)32(44)23-15-24(34)19-25(35)16-23/h6-7,15-17,19,22,26-27,46H,4-5,8-14,18,20H2,1-3H3/b38-30+/t22?,27-/m0/s1. The van der Waals surface area contributed by atoms with Crippen molar-refractivity contribution in [3.8, 4) is 0 Å². The van der Waals surface area contributed by atoms with Crippen LogP contribution in [-0.2, 0) is 9.59 Å². The average molecular weight is 714 g/mol. The molecule has 13 heteroatoms. The molecule has 1 unspecified atom stereocenters. The second kappa shape index (κ2) is 16.5. The maximum Gasteiger partial charge on any atom is 0.254 e. The molecular formula is C33H41Cl4N5O4. The molecule has 0 aromatic heterocycles. The number of hydrogen-bond donors (Lipinski definition) is 1. The molecule has 2 aliphatic heterocycles. The number of nitrogens with zero attached hydrogens (tertiary/aromatic N) is 5. The van der Waals surface area contributed by atoms with Crippen molar-refractivity contribution in [1.82, 2.24) is 19.6 Å². The Kier molecular flexibility index (Phi) is 13.0.